The van der Waals surface area contributed by atoms with Gasteiger partial charge in [0.15, 0.2) is 0 Å². The van der Waals surface area contributed by atoms with Crippen LogP contribution in [0.3, 0.4) is 0 Å². The minimum Gasteiger partial charge on any atom is -0.381 e. The molecule has 2 aromatic rings. The van der Waals surface area contributed by atoms with E-state index in [0.717, 1.165) is 19.5 Å². The lowest BCUT2D eigenvalue weighted by molar-refractivity contribution is 0.450. The molecule has 0 saturated heterocycles. The first kappa shape index (κ1) is 18.5. The smallest absolute Gasteiger partial charge is 0.0407 e. The fourth-order valence-electron chi connectivity index (χ4n) is 3.93. The summed E-state index contributed by atoms with van der Waals surface area (Å²) in [5.41, 5.74) is 10.9. The van der Waals surface area contributed by atoms with E-state index in [0.29, 0.717) is 0 Å². The second-order valence-corrected chi connectivity index (χ2v) is 7.63. The van der Waals surface area contributed by atoms with Gasteiger partial charge >= 0.3 is 0 Å². The highest BCUT2D eigenvalue weighted by atomic mass is 15.0. The number of nitrogens with zero attached hydrogens (tertiary/aromatic N) is 1. The molecule has 136 valence electrons. The fourth-order valence-corrected chi connectivity index (χ4v) is 3.93. The molecular formula is C24H30N2. The molecule has 0 aromatic heterocycles. The van der Waals surface area contributed by atoms with Crippen LogP contribution in [-0.2, 0) is 6.54 Å². The molecule has 0 spiro atoms. The summed E-state index contributed by atoms with van der Waals surface area (Å²) in [5, 5.41) is 3.69. The third-order valence-electron chi connectivity index (χ3n) is 4.99. The Balaban J connectivity index is 1.87. The molecule has 3 rings (SSSR count). The molecular weight excluding hydrogens is 316 g/mol. The standard InChI is InChI=1S/C24H30N2/c1-17-13-18(2)24(19(3)14-17)25-15-20-9-6-7-11-22(20)23-12-8-10-21(23)16-26(4)5/h6-11,13-14,25H,12,15-16H2,1-5H3. The third-order valence-corrected chi connectivity index (χ3v) is 4.99. The predicted molar refractivity (Wildman–Crippen MR) is 114 cm³/mol. The van der Waals surface area contributed by atoms with E-state index in [2.05, 4.69) is 93.6 Å². The first-order valence-corrected chi connectivity index (χ1v) is 9.39. The zero-order chi connectivity index (χ0) is 18.7. The van der Waals surface area contributed by atoms with E-state index in [1.54, 1.807) is 0 Å². The van der Waals surface area contributed by atoms with Crippen LogP contribution >= 0.6 is 0 Å². The molecule has 26 heavy (non-hydrogen) atoms. The van der Waals surface area contributed by atoms with E-state index in [9.17, 15) is 0 Å². The van der Waals surface area contributed by atoms with Crippen molar-refractivity contribution in [3.8, 4) is 0 Å². The second-order valence-electron chi connectivity index (χ2n) is 7.63. The Morgan fingerprint density at radius 2 is 1.69 bits per heavy atom. The van der Waals surface area contributed by atoms with Crippen molar-refractivity contribution in [2.24, 2.45) is 0 Å². The second kappa shape index (κ2) is 7.92. The molecule has 0 heterocycles. The maximum atomic E-state index is 3.69. The summed E-state index contributed by atoms with van der Waals surface area (Å²) >= 11 is 0. The molecule has 2 nitrogen and oxygen atoms in total. The minimum absolute atomic E-state index is 0.847. The van der Waals surface area contributed by atoms with Crippen LogP contribution < -0.4 is 5.32 Å². The number of benzene rings is 2. The number of aryl methyl sites for hydroxylation is 3. The Hall–Kier alpha value is -2.32. The molecule has 0 amide bonds. The number of hydrogen-bond donors (Lipinski definition) is 1. The Morgan fingerprint density at radius 1 is 1.00 bits per heavy atom. The van der Waals surface area contributed by atoms with Gasteiger partial charge in [-0.2, -0.15) is 0 Å². The molecule has 0 fully saturated rings. The van der Waals surface area contributed by atoms with Crippen LogP contribution in [0.25, 0.3) is 5.57 Å². The largest absolute Gasteiger partial charge is 0.381 e. The van der Waals surface area contributed by atoms with E-state index < -0.39 is 0 Å². The minimum atomic E-state index is 0.847. The van der Waals surface area contributed by atoms with Gasteiger partial charge in [-0.15, -0.1) is 0 Å². The van der Waals surface area contributed by atoms with Crippen molar-refractivity contribution < 1.29 is 0 Å². The average molecular weight is 347 g/mol. The maximum Gasteiger partial charge on any atom is 0.0407 e. The van der Waals surface area contributed by atoms with Crippen LogP contribution in [0.15, 0.2) is 54.1 Å². The summed E-state index contributed by atoms with van der Waals surface area (Å²) in [6, 6.07) is 13.3. The van der Waals surface area contributed by atoms with E-state index in [4.69, 9.17) is 0 Å². The van der Waals surface area contributed by atoms with Crippen molar-refractivity contribution in [3.05, 3.63) is 81.9 Å². The number of allylic oxidation sites excluding steroid dienone is 2. The van der Waals surface area contributed by atoms with Crippen LogP contribution in [0, 0.1) is 20.8 Å². The highest BCUT2D eigenvalue weighted by Crippen LogP contribution is 2.32. The van der Waals surface area contributed by atoms with Crippen molar-refractivity contribution in [3.63, 3.8) is 0 Å². The van der Waals surface area contributed by atoms with E-state index in [1.165, 1.54) is 44.7 Å². The van der Waals surface area contributed by atoms with Gasteiger partial charge in [-0.25, -0.2) is 0 Å². The van der Waals surface area contributed by atoms with Crippen molar-refractivity contribution in [2.75, 3.05) is 26.0 Å². The monoisotopic (exact) mass is 346 g/mol. The van der Waals surface area contributed by atoms with E-state index >= 15 is 0 Å². The molecule has 0 saturated carbocycles. The van der Waals surface area contributed by atoms with Gasteiger partial charge in [0.25, 0.3) is 0 Å². The van der Waals surface area contributed by atoms with Crippen molar-refractivity contribution >= 4 is 11.3 Å². The highest BCUT2D eigenvalue weighted by molar-refractivity contribution is 5.77. The quantitative estimate of drug-likeness (QED) is 0.743. The molecule has 2 aromatic carbocycles. The lowest BCUT2D eigenvalue weighted by atomic mass is 9.95. The zero-order valence-electron chi connectivity index (χ0n) is 16.7. The molecule has 0 unspecified atom stereocenters. The third kappa shape index (κ3) is 4.08. The van der Waals surface area contributed by atoms with Gasteiger partial charge in [0.05, 0.1) is 0 Å². The summed E-state index contributed by atoms with van der Waals surface area (Å²) in [4.78, 5) is 2.24. The number of likely N-dealkylation sites (N-methyl/N-ethyl adjacent to an activating group) is 1. The Kier molecular flexibility index (Phi) is 5.63. The summed E-state index contributed by atoms with van der Waals surface area (Å²) in [5.74, 6) is 0. The van der Waals surface area contributed by atoms with Crippen molar-refractivity contribution in [1.29, 1.82) is 0 Å². The highest BCUT2D eigenvalue weighted by Gasteiger charge is 2.15. The van der Waals surface area contributed by atoms with Crippen LogP contribution in [0.5, 0.6) is 0 Å². The van der Waals surface area contributed by atoms with Gasteiger partial charge in [-0.05, 0) is 74.7 Å². The SMILES string of the molecule is Cc1cc(C)c(NCc2ccccc2C2=C(CN(C)C)C=CC2)c(C)c1. The molecule has 0 atom stereocenters. The average Bonchev–Trinajstić information content (AvgIpc) is 3.01. The maximum absolute atomic E-state index is 3.69. The summed E-state index contributed by atoms with van der Waals surface area (Å²) in [7, 11) is 4.26. The molecule has 1 N–H and O–H groups in total. The van der Waals surface area contributed by atoms with Crippen molar-refractivity contribution in [1.82, 2.24) is 4.90 Å². The molecule has 1 aliphatic carbocycles. The van der Waals surface area contributed by atoms with E-state index in [1.807, 2.05) is 0 Å². The van der Waals surface area contributed by atoms with Gasteiger partial charge in [0.2, 0.25) is 0 Å². The Labute approximate surface area is 158 Å². The first-order valence-electron chi connectivity index (χ1n) is 9.39. The lowest BCUT2D eigenvalue weighted by Gasteiger charge is -2.18. The molecule has 1 aliphatic rings. The van der Waals surface area contributed by atoms with Gasteiger partial charge in [0.1, 0.15) is 0 Å². The van der Waals surface area contributed by atoms with Gasteiger partial charge in [-0.3, -0.25) is 0 Å². The van der Waals surface area contributed by atoms with Crippen LogP contribution in [-0.4, -0.2) is 25.5 Å². The Morgan fingerprint density at radius 3 is 2.38 bits per heavy atom. The van der Waals surface area contributed by atoms with Crippen LogP contribution in [0.2, 0.25) is 0 Å². The molecule has 0 bridgehead atoms. The summed E-state index contributed by atoms with van der Waals surface area (Å²) in [6.45, 7) is 8.37. The summed E-state index contributed by atoms with van der Waals surface area (Å²) in [6.07, 6.45) is 5.60. The zero-order valence-corrected chi connectivity index (χ0v) is 16.7. The van der Waals surface area contributed by atoms with Gasteiger partial charge in [-0.1, -0.05) is 54.1 Å². The fraction of sp³-hybridized carbons (Fsp3) is 0.333. The number of nitrogens with one attached hydrogen (secondary N) is 1. The lowest BCUT2D eigenvalue weighted by Crippen LogP contribution is -2.15. The summed E-state index contributed by atoms with van der Waals surface area (Å²) < 4.78 is 0. The van der Waals surface area contributed by atoms with E-state index in [-0.39, 0.29) is 0 Å². The van der Waals surface area contributed by atoms with Crippen molar-refractivity contribution in [2.45, 2.75) is 33.7 Å². The predicted octanol–water partition coefficient (Wildman–Crippen LogP) is 5.50. The van der Waals surface area contributed by atoms with Gasteiger partial charge < -0.3 is 10.2 Å². The molecule has 2 heteroatoms. The topological polar surface area (TPSA) is 15.3 Å². The first-order chi connectivity index (χ1) is 12.5. The van der Waals surface area contributed by atoms with Crippen LogP contribution in [0.4, 0.5) is 5.69 Å². The van der Waals surface area contributed by atoms with Gasteiger partial charge in [0, 0.05) is 18.8 Å². The van der Waals surface area contributed by atoms with Crippen LogP contribution in [0.1, 0.15) is 34.2 Å². The molecule has 0 aliphatic heterocycles. The number of anilines is 1. The normalized spacial score (nSPS) is 13.8. The number of hydrogen-bond acceptors (Lipinski definition) is 2. The Bertz CT molecular complexity index is 833. The molecule has 0 radical (unpaired) electrons. The number of rotatable bonds is 6.